The molecule has 1 fully saturated rings. The highest BCUT2D eigenvalue weighted by atomic mass is 79.9. The Morgan fingerprint density at radius 2 is 2.17 bits per heavy atom. The van der Waals surface area contributed by atoms with Crippen LogP contribution >= 0.6 is 15.9 Å². The molecule has 0 N–H and O–H groups in total. The van der Waals surface area contributed by atoms with Crippen LogP contribution in [0.2, 0.25) is 0 Å². The predicted octanol–water partition coefficient (Wildman–Crippen LogP) is 3.87. The third kappa shape index (κ3) is 2.01. The van der Waals surface area contributed by atoms with E-state index in [0.717, 1.165) is 19.4 Å². The summed E-state index contributed by atoms with van der Waals surface area (Å²) in [6.45, 7) is 7.54. The van der Waals surface area contributed by atoms with Gasteiger partial charge >= 0.3 is 0 Å². The second-order valence-electron chi connectivity index (χ2n) is 6.44. The van der Waals surface area contributed by atoms with Crippen molar-refractivity contribution in [2.75, 3.05) is 6.61 Å². The number of ether oxygens (including phenoxy) is 1. The lowest BCUT2D eigenvalue weighted by Crippen LogP contribution is -2.32. The van der Waals surface area contributed by atoms with E-state index in [1.807, 2.05) is 0 Å². The summed E-state index contributed by atoms with van der Waals surface area (Å²) in [4.78, 5) is 5.12. The Balaban J connectivity index is 2.04. The van der Waals surface area contributed by atoms with Gasteiger partial charge in [0.1, 0.15) is 0 Å². The average molecular weight is 310 g/mol. The minimum absolute atomic E-state index is 0.120. The highest BCUT2D eigenvalue weighted by Gasteiger charge is 2.39. The molecule has 3 rings (SSSR count). The summed E-state index contributed by atoms with van der Waals surface area (Å²) in [6, 6.07) is 0. The molecule has 0 amide bonds. The molecule has 2 heterocycles. The molecule has 1 saturated heterocycles. The molecular formula is C15H20BrNO. The molecule has 98 valence electrons. The zero-order valence-electron chi connectivity index (χ0n) is 11.2. The molecule has 1 aliphatic carbocycles. The van der Waals surface area contributed by atoms with Crippen LogP contribution in [0.5, 0.6) is 0 Å². The fourth-order valence-corrected chi connectivity index (χ4v) is 3.88. The van der Waals surface area contributed by atoms with E-state index in [-0.39, 0.29) is 5.41 Å². The van der Waals surface area contributed by atoms with E-state index in [2.05, 4.69) is 54.0 Å². The van der Waals surface area contributed by atoms with Crippen molar-refractivity contribution in [3.8, 4) is 0 Å². The summed E-state index contributed by atoms with van der Waals surface area (Å²) in [7, 11) is 0. The number of hydrogen-bond acceptors (Lipinski definition) is 2. The van der Waals surface area contributed by atoms with Gasteiger partial charge in [0, 0.05) is 28.1 Å². The van der Waals surface area contributed by atoms with Gasteiger partial charge in [0.2, 0.25) is 0 Å². The van der Waals surface area contributed by atoms with E-state index in [9.17, 15) is 0 Å². The molecule has 0 aromatic rings. The molecule has 3 heteroatoms. The molecule has 0 aromatic heterocycles. The second kappa shape index (κ2) is 4.31. The molecule has 3 atom stereocenters. The van der Waals surface area contributed by atoms with Crippen molar-refractivity contribution >= 4 is 22.1 Å². The van der Waals surface area contributed by atoms with Crippen molar-refractivity contribution < 1.29 is 4.74 Å². The Kier molecular flexibility index (Phi) is 3.02. The van der Waals surface area contributed by atoms with Crippen LogP contribution in [0.15, 0.2) is 27.9 Å². The van der Waals surface area contributed by atoms with E-state index >= 15 is 0 Å². The van der Waals surface area contributed by atoms with Gasteiger partial charge in [-0.15, -0.1) is 0 Å². The molecule has 3 unspecified atom stereocenters. The molecule has 2 nitrogen and oxygen atoms in total. The standard InChI is InChI=1S/C15H20BrNO/c1-15(2,3)13-7-11-9(8-17-13)6-12(16)14-10(11)4-5-18-14/h7-9,12,14H,4-6H2,1-3H3. The smallest absolute Gasteiger partial charge is 0.0917 e. The highest BCUT2D eigenvalue weighted by Crippen LogP contribution is 2.43. The van der Waals surface area contributed by atoms with Crippen LogP contribution < -0.4 is 0 Å². The summed E-state index contributed by atoms with van der Waals surface area (Å²) < 4.78 is 5.86. The van der Waals surface area contributed by atoms with Gasteiger partial charge in [-0.25, -0.2) is 0 Å². The molecule has 0 aromatic carbocycles. The molecule has 3 aliphatic rings. The topological polar surface area (TPSA) is 21.6 Å². The fourth-order valence-electron chi connectivity index (χ4n) is 3.01. The molecular weight excluding hydrogens is 290 g/mol. The minimum Gasteiger partial charge on any atom is -0.372 e. The Hall–Kier alpha value is -0.410. The van der Waals surface area contributed by atoms with E-state index in [1.54, 1.807) is 0 Å². The maximum Gasteiger partial charge on any atom is 0.0917 e. The lowest BCUT2D eigenvalue weighted by Gasteiger charge is -2.34. The lowest BCUT2D eigenvalue weighted by atomic mass is 9.78. The zero-order chi connectivity index (χ0) is 12.9. The number of aliphatic imine (C=N–C) groups is 1. The zero-order valence-corrected chi connectivity index (χ0v) is 12.8. The van der Waals surface area contributed by atoms with Crippen molar-refractivity contribution in [3.63, 3.8) is 0 Å². The first-order valence-electron chi connectivity index (χ1n) is 6.72. The summed E-state index contributed by atoms with van der Waals surface area (Å²) in [5.41, 5.74) is 4.30. The first-order valence-corrected chi connectivity index (χ1v) is 7.63. The van der Waals surface area contributed by atoms with E-state index < -0.39 is 0 Å². The van der Waals surface area contributed by atoms with E-state index in [4.69, 9.17) is 4.74 Å². The molecule has 0 bridgehead atoms. The lowest BCUT2D eigenvalue weighted by molar-refractivity contribution is 0.117. The third-order valence-electron chi connectivity index (χ3n) is 4.04. The van der Waals surface area contributed by atoms with Gasteiger partial charge in [-0.3, -0.25) is 4.99 Å². The van der Waals surface area contributed by atoms with Crippen molar-refractivity contribution in [1.82, 2.24) is 0 Å². The maximum absolute atomic E-state index is 5.86. The van der Waals surface area contributed by atoms with Crippen molar-refractivity contribution in [2.45, 2.75) is 44.5 Å². The van der Waals surface area contributed by atoms with Gasteiger partial charge < -0.3 is 4.74 Å². The molecule has 0 radical (unpaired) electrons. The quantitative estimate of drug-likeness (QED) is 0.622. The summed E-state index contributed by atoms with van der Waals surface area (Å²) in [5.74, 6) is 0.480. The number of halogens is 1. The summed E-state index contributed by atoms with van der Waals surface area (Å²) in [6.07, 6.45) is 6.94. The largest absolute Gasteiger partial charge is 0.372 e. The van der Waals surface area contributed by atoms with Crippen LogP contribution in [0.4, 0.5) is 0 Å². The number of hydrogen-bond donors (Lipinski definition) is 0. The number of allylic oxidation sites excluding steroid dienone is 3. The van der Waals surface area contributed by atoms with Crippen LogP contribution in [-0.2, 0) is 4.74 Å². The van der Waals surface area contributed by atoms with Crippen LogP contribution in [0.3, 0.4) is 0 Å². The first-order chi connectivity index (χ1) is 8.47. The van der Waals surface area contributed by atoms with E-state index in [1.165, 1.54) is 16.8 Å². The van der Waals surface area contributed by atoms with Gasteiger partial charge in [0.05, 0.1) is 12.7 Å². The number of nitrogens with zero attached hydrogens (tertiary/aromatic N) is 1. The number of fused-ring (bicyclic) bond motifs is 2. The van der Waals surface area contributed by atoms with Crippen LogP contribution in [0, 0.1) is 11.3 Å². The molecule has 18 heavy (non-hydrogen) atoms. The monoisotopic (exact) mass is 309 g/mol. The Labute approximate surface area is 117 Å². The maximum atomic E-state index is 5.86. The predicted molar refractivity (Wildman–Crippen MR) is 78.2 cm³/mol. The summed E-state index contributed by atoms with van der Waals surface area (Å²) in [5, 5.41) is 0. The normalized spacial score (nSPS) is 35.3. The molecule has 2 aliphatic heterocycles. The Bertz CT molecular complexity index is 456. The Morgan fingerprint density at radius 3 is 2.89 bits per heavy atom. The summed E-state index contributed by atoms with van der Waals surface area (Å²) >= 11 is 3.77. The number of rotatable bonds is 0. The first kappa shape index (κ1) is 12.6. The van der Waals surface area contributed by atoms with Gasteiger partial charge in [0.15, 0.2) is 0 Å². The van der Waals surface area contributed by atoms with Crippen LogP contribution in [0.25, 0.3) is 0 Å². The Morgan fingerprint density at radius 1 is 1.39 bits per heavy atom. The van der Waals surface area contributed by atoms with Crippen molar-refractivity contribution in [3.05, 3.63) is 22.9 Å². The third-order valence-corrected chi connectivity index (χ3v) is 4.90. The van der Waals surface area contributed by atoms with Gasteiger partial charge in [-0.2, -0.15) is 0 Å². The van der Waals surface area contributed by atoms with Crippen LogP contribution in [0.1, 0.15) is 33.6 Å². The van der Waals surface area contributed by atoms with Gasteiger partial charge in [-0.1, -0.05) is 36.7 Å². The molecule has 0 spiro atoms. The SMILES string of the molecule is CC(C)(C)C1=CC2=C3CCOC3C(Br)CC2C=N1. The fraction of sp³-hybridized carbons (Fsp3) is 0.667. The van der Waals surface area contributed by atoms with Gasteiger partial charge in [-0.05, 0) is 30.1 Å². The number of alkyl halides is 1. The van der Waals surface area contributed by atoms with E-state index in [0.29, 0.717) is 16.8 Å². The van der Waals surface area contributed by atoms with Crippen LogP contribution in [-0.4, -0.2) is 23.8 Å². The minimum atomic E-state index is 0.120. The van der Waals surface area contributed by atoms with Crippen molar-refractivity contribution in [1.29, 1.82) is 0 Å². The van der Waals surface area contributed by atoms with Crippen molar-refractivity contribution in [2.24, 2.45) is 16.3 Å². The molecule has 0 saturated carbocycles. The van der Waals surface area contributed by atoms with Gasteiger partial charge in [0.25, 0.3) is 0 Å². The highest BCUT2D eigenvalue weighted by molar-refractivity contribution is 9.09. The average Bonchev–Trinajstić information content (AvgIpc) is 2.77. The second-order valence-corrected chi connectivity index (χ2v) is 7.61.